The minimum Gasteiger partial charge on any atom is -0.480 e. The summed E-state index contributed by atoms with van der Waals surface area (Å²) < 4.78 is 0. The molecule has 0 saturated carbocycles. The zero-order valence-corrected chi connectivity index (χ0v) is 8.40. The number of rotatable bonds is 7. The second kappa shape index (κ2) is 7.83. The molecule has 0 aromatic rings. The molecule has 5 heteroatoms. The lowest BCUT2D eigenvalue weighted by Gasteiger charge is -2.10. The summed E-state index contributed by atoms with van der Waals surface area (Å²) in [6.45, 7) is -0.606. The molecule has 1 amide bonds. The van der Waals surface area contributed by atoms with Gasteiger partial charge in [0.2, 0.25) is 5.91 Å². The molecule has 0 heterocycles. The normalized spacial score (nSPS) is 11.5. The van der Waals surface area contributed by atoms with Crippen molar-refractivity contribution in [3.63, 3.8) is 0 Å². The molecule has 0 unspecified atom stereocenters. The van der Waals surface area contributed by atoms with Gasteiger partial charge in [0.15, 0.2) is 0 Å². The van der Waals surface area contributed by atoms with Crippen LogP contribution in [0.5, 0.6) is 0 Å². The van der Waals surface area contributed by atoms with E-state index in [4.69, 9.17) is 16.6 Å². The predicted molar refractivity (Wildman–Crippen MR) is 54.0 cm³/mol. The van der Waals surface area contributed by atoms with Crippen LogP contribution in [0.25, 0.3) is 0 Å². The molecule has 0 aromatic heterocycles. The van der Waals surface area contributed by atoms with E-state index in [1.165, 1.54) is 0 Å². The Morgan fingerprint density at radius 1 is 1.40 bits per heavy atom. The van der Waals surface area contributed by atoms with Crippen molar-refractivity contribution in [1.29, 1.82) is 0 Å². The SMILES string of the molecule is C#CCCCCC(=O)N[C@@H](CO)C(=O)O. The highest BCUT2D eigenvalue weighted by Gasteiger charge is 2.17. The van der Waals surface area contributed by atoms with Crippen molar-refractivity contribution in [2.24, 2.45) is 0 Å². The molecular weight excluding hydrogens is 198 g/mol. The number of aliphatic hydroxyl groups is 1. The third kappa shape index (κ3) is 6.52. The van der Waals surface area contributed by atoms with Gasteiger partial charge in [0.05, 0.1) is 6.61 Å². The number of nitrogens with one attached hydrogen (secondary N) is 1. The molecule has 3 N–H and O–H groups in total. The molecule has 5 nitrogen and oxygen atoms in total. The van der Waals surface area contributed by atoms with Gasteiger partial charge in [-0.1, -0.05) is 0 Å². The quantitative estimate of drug-likeness (QED) is 0.402. The Kier molecular flexibility index (Phi) is 7.02. The predicted octanol–water partition coefficient (Wildman–Crippen LogP) is -0.258. The van der Waals surface area contributed by atoms with Gasteiger partial charge in [-0.05, 0) is 12.8 Å². The number of carboxylic acids is 1. The van der Waals surface area contributed by atoms with Crippen LogP contribution in [0.2, 0.25) is 0 Å². The lowest BCUT2D eigenvalue weighted by atomic mass is 10.2. The summed E-state index contributed by atoms with van der Waals surface area (Å²) in [5.74, 6) is 0.824. The number of aliphatic hydroxyl groups excluding tert-OH is 1. The van der Waals surface area contributed by atoms with Gasteiger partial charge in [-0.15, -0.1) is 12.3 Å². The first-order chi connectivity index (χ1) is 7.11. The Morgan fingerprint density at radius 3 is 2.53 bits per heavy atom. The molecule has 0 rings (SSSR count). The molecule has 0 aliphatic carbocycles. The van der Waals surface area contributed by atoms with Crippen molar-refractivity contribution in [2.45, 2.75) is 31.7 Å². The summed E-state index contributed by atoms with van der Waals surface area (Å²) in [5, 5.41) is 19.4. The fraction of sp³-hybridized carbons (Fsp3) is 0.600. The van der Waals surface area contributed by atoms with Crippen LogP contribution in [0.15, 0.2) is 0 Å². The molecule has 0 aliphatic rings. The van der Waals surface area contributed by atoms with Crippen LogP contribution in [-0.4, -0.2) is 34.7 Å². The minimum absolute atomic E-state index is 0.228. The fourth-order valence-electron chi connectivity index (χ4n) is 0.965. The van der Waals surface area contributed by atoms with Crippen LogP contribution in [0.3, 0.4) is 0 Å². The van der Waals surface area contributed by atoms with Gasteiger partial charge in [-0.25, -0.2) is 4.79 Å². The third-order valence-electron chi connectivity index (χ3n) is 1.79. The highest BCUT2D eigenvalue weighted by molar-refractivity contribution is 5.83. The summed E-state index contributed by atoms with van der Waals surface area (Å²) in [5.41, 5.74) is 0. The lowest BCUT2D eigenvalue weighted by molar-refractivity contribution is -0.142. The van der Waals surface area contributed by atoms with Gasteiger partial charge < -0.3 is 15.5 Å². The molecule has 15 heavy (non-hydrogen) atoms. The maximum Gasteiger partial charge on any atom is 0.328 e. The van der Waals surface area contributed by atoms with Gasteiger partial charge >= 0.3 is 5.97 Å². The van der Waals surface area contributed by atoms with E-state index in [2.05, 4.69) is 11.2 Å². The van der Waals surface area contributed by atoms with Crippen LogP contribution < -0.4 is 5.32 Å². The Labute approximate surface area is 88.5 Å². The second-order valence-electron chi connectivity index (χ2n) is 3.05. The molecule has 0 fully saturated rings. The smallest absolute Gasteiger partial charge is 0.328 e. The van der Waals surface area contributed by atoms with E-state index in [1.807, 2.05) is 0 Å². The van der Waals surface area contributed by atoms with Gasteiger partial charge in [0.1, 0.15) is 6.04 Å². The summed E-state index contributed by atoms with van der Waals surface area (Å²) in [7, 11) is 0. The number of carbonyl (C=O) groups is 2. The average molecular weight is 213 g/mol. The first-order valence-electron chi connectivity index (χ1n) is 4.68. The summed E-state index contributed by atoms with van der Waals surface area (Å²) in [6, 6.07) is -1.22. The van der Waals surface area contributed by atoms with Crippen LogP contribution in [0.4, 0.5) is 0 Å². The first-order valence-corrected chi connectivity index (χ1v) is 4.68. The number of aliphatic carboxylic acids is 1. The molecule has 0 bridgehead atoms. The number of hydrogen-bond donors (Lipinski definition) is 3. The zero-order chi connectivity index (χ0) is 11.7. The minimum atomic E-state index is -1.24. The molecular formula is C10H15NO4. The number of carboxylic acid groups (broad SMARTS) is 1. The zero-order valence-electron chi connectivity index (χ0n) is 8.40. The molecule has 0 radical (unpaired) electrons. The maximum absolute atomic E-state index is 11.1. The second-order valence-corrected chi connectivity index (χ2v) is 3.05. The van der Waals surface area contributed by atoms with Crippen LogP contribution >= 0.6 is 0 Å². The number of hydrogen-bond acceptors (Lipinski definition) is 3. The molecule has 1 atom stereocenters. The molecule has 0 spiro atoms. The number of terminal acetylenes is 1. The molecule has 0 saturated heterocycles. The standard InChI is InChI=1S/C10H15NO4/c1-2-3-4-5-6-9(13)11-8(7-12)10(14)15/h1,8,12H,3-7H2,(H,11,13)(H,14,15)/t8-/m0/s1. The number of carbonyl (C=O) groups excluding carboxylic acids is 1. The van der Waals surface area contributed by atoms with Crippen molar-refractivity contribution < 1.29 is 19.8 Å². The largest absolute Gasteiger partial charge is 0.480 e. The van der Waals surface area contributed by atoms with Crippen LogP contribution in [0, 0.1) is 12.3 Å². The van der Waals surface area contributed by atoms with Crippen molar-refractivity contribution in [3.8, 4) is 12.3 Å². The lowest BCUT2D eigenvalue weighted by Crippen LogP contribution is -2.43. The van der Waals surface area contributed by atoms with E-state index in [0.717, 1.165) is 6.42 Å². The molecule has 0 aliphatic heterocycles. The van der Waals surface area contributed by atoms with E-state index in [-0.39, 0.29) is 12.3 Å². The van der Waals surface area contributed by atoms with Gasteiger partial charge in [0.25, 0.3) is 0 Å². The van der Waals surface area contributed by atoms with Crippen LogP contribution in [0.1, 0.15) is 25.7 Å². The van der Waals surface area contributed by atoms with Gasteiger partial charge in [0, 0.05) is 12.8 Å². The summed E-state index contributed by atoms with van der Waals surface area (Å²) in [4.78, 5) is 21.6. The van der Waals surface area contributed by atoms with Gasteiger partial charge in [-0.2, -0.15) is 0 Å². The van der Waals surface area contributed by atoms with Crippen molar-refractivity contribution in [1.82, 2.24) is 5.32 Å². The fourth-order valence-corrected chi connectivity index (χ4v) is 0.965. The van der Waals surface area contributed by atoms with Gasteiger partial charge in [-0.3, -0.25) is 4.79 Å². The summed E-state index contributed by atoms with van der Waals surface area (Å²) in [6.07, 6.45) is 7.22. The van der Waals surface area contributed by atoms with E-state index in [9.17, 15) is 9.59 Å². The summed E-state index contributed by atoms with van der Waals surface area (Å²) >= 11 is 0. The van der Waals surface area contributed by atoms with E-state index < -0.39 is 18.6 Å². The molecule has 84 valence electrons. The van der Waals surface area contributed by atoms with E-state index in [0.29, 0.717) is 12.8 Å². The Balaban J connectivity index is 3.73. The monoisotopic (exact) mass is 213 g/mol. The van der Waals surface area contributed by atoms with E-state index in [1.54, 1.807) is 0 Å². The Hall–Kier alpha value is -1.54. The van der Waals surface area contributed by atoms with Crippen molar-refractivity contribution >= 4 is 11.9 Å². The first kappa shape index (κ1) is 13.5. The Bertz CT molecular complexity index is 257. The number of amides is 1. The van der Waals surface area contributed by atoms with Crippen molar-refractivity contribution in [3.05, 3.63) is 0 Å². The molecule has 0 aromatic carbocycles. The topological polar surface area (TPSA) is 86.6 Å². The third-order valence-corrected chi connectivity index (χ3v) is 1.79. The van der Waals surface area contributed by atoms with E-state index >= 15 is 0 Å². The van der Waals surface area contributed by atoms with Crippen molar-refractivity contribution in [2.75, 3.05) is 6.61 Å². The Morgan fingerprint density at radius 2 is 2.07 bits per heavy atom. The highest BCUT2D eigenvalue weighted by atomic mass is 16.4. The maximum atomic E-state index is 11.1. The number of unbranched alkanes of at least 4 members (excludes halogenated alkanes) is 2. The average Bonchev–Trinajstić information content (AvgIpc) is 2.20. The highest BCUT2D eigenvalue weighted by Crippen LogP contribution is 1.99. The van der Waals surface area contributed by atoms with Crippen LogP contribution in [-0.2, 0) is 9.59 Å².